The van der Waals surface area contributed by atoms with Crippen molar-refractivity contribution < 1.29 is 4.79 Å². The van der Waals surface area contributed by atoms with E-state index in [4.69, 9.17) is 0 Å². The van der Waals surface area contributed by atoms with Gasteiger partial charge in [0.2, 0.25) is 5.43 Å². The Morgan fingerprint density at radius 2 is 2.18 bits per heavy atom. The molecule has 0 saturated heterocycles. The molecule has 6 nitrogen and oxygen atoms in total. The lowest BCUT2D eigenvalue weighted by Crippen LogP contribution is -2.30. The molecule has 1 aromatic carbocycles. The van der Waals surface area contributed by atoms with Gasteiger partial charge in [-0.05, 0) is 18.6 Å². The maximum atomic E-state index is 12.3. The number of fused-ring (bicyclic) bond motifs is 1. The molecule has 1 amide bonds. The number of aromatic nitrogens is 3. The zero-order valence-corrected chi connectivity index (χ0v) is 12.0. The van der Waals surface area contributed by atoms with Gasteiger partial charge in [0, 0.05) is 42.6 Å². The van der Waals surface area contributed by atoms with Gasteiger partial charge in [-0.3, -0.25) is 9.59 Å². The third-order valence-corrected chi connectivity index (χ3v) is 3.47. The van der Waals surface area contributed by atoms with Crippen molar-refractivity contribution in [3.63, 3.8) is 0 Å². The van der Waals surface area contributed by atoms with Gasteiger partial charge in [-0.15, -0.1) is 0 Å². The van der Waals surface area contributed by atoms with Crippen molar-refractivity contribution in [1.29, 1.82) is 0 Å². The molecule has 0 atom stereocenters. The van der Waals surface area contributed by atoms with Crippen LogP contribution in [0.5, 0.6) is 0 Å². The fourth-order valence-corrected chi connectivity index (χ4v) is 2.31. The van der Waals surface area contributed by atoms with Crippen LogP contribution >= 0.6 is 0 Å². The minimum atomic E-state index is -0.349. The van der Waals surface area contributed by atoms with Crippen LogP contribution in [0.1, 0.15) is 16.8 Å². The predicted molar refractivity (Wildman–Crippen MR) is 83.7 cm³/mol. The summed E-state index contributed by atoms with van der Waals surface area (Å²) in [6.45, 7) is 1.28. The first-order valence-corrected chi connectivity index (χ1v) is 7.10. The van der Waals surface area contributed by atoms with Gasteiger partial charge >= 0.3 is 0 Å². The third kappa shape index (κ3) is 2.90. The molecule has 0 aliphatic heterocycles. The van der Waals surface area contributed by atoms with E-state index in [1.165, 1.54) is 6.20 Å². The van der Waals surface area contributed by atoms with Crippen LogP contribution < -0.4 is 10.7 Å². The van der Waals surface area contributed by atoms with Crippen LogP contribution in [0.4, 0.5) is 0 Å². The molecule has 112 valence electrons. The number of rotatable bonds is 5. The number of aromatic amines is 1. The second-order valence-electron chi connectivity index (χ2n) is 4.99. The molecule has 0 aliphatic rings. The average Bonchev–Trinajstić information content (AvgIpc) is 3.05. The molecule has 6 heteroatoms. The molecule has 2 heterocycles. The second kappa shape index (κ2) is 6.26. The molecular formula is C16H16N4O2. The molecule has 2 N–H and O–H groups in total. The highest BCUT2D eigenvalue weighted by Crippen LogP contribution is 2.06. The summed E-state index contributed by atoms with van der Waals surface area (Å²) in [5.74, 6) is -0.349. The molecule has 0 unspecified atom stereocenters. The van der Waals surface area contributed by atoms with E-state index in [9.17, 15) is 9.59 Å². The van der Waals surface area contributed by atoms with Gasteiger partial charge < -0.3 is 14.9 Å². The van der Waals surface area contributed by atoms with Gasteiger partial charge in [0.25, 0.3) is 5.91 Å². The summed E-state index contributed by atoms with van der Waals surface area (Å²) in [6, 6.07) is 7.14. The molecule has 0 fully saturated rings. The van der Waals surface area contributed by atoms with Crippen molar-refractivity contribution in [3.05, 3.63) is 65.0 Å². The van der Waals surface area contributed by atoms with Crippen LogP contribution in [0, 0.1) is 0 Å². The molecule has 2 aromatic heterocycles. The van der Waals surface area contributed by atoms with Crippen molar-refractivity contribution in [2.24, 2.45) is 0 Å². The number of carbonyl (C=O) groups excluding carboxylic acids is 1. The molecule has 0 radical (unpaired) electrons. The first-order valence-electron chi connectivity index (χ1n) is 7.10. The maximum Gasteiger partial charge on any atom is 0.256 e. The van der Waals surface area contributed by atoms with Crippen LogP contribution in [0.2, 0.25) is 0 Å². The minimum absolute atomic E-state index is 0.140. The van der Waals surface area contributed by atoms with E-state index in [-0.39, 0.29) is 16.9 Å². The fourth-order valence-electron chi connectivity index (χ4n) is 2.31. The summed E-state index contributed by atoms with van der Waals surface area (Å²) in [5.41, 5.74) is 0.618. The smallest absolute Gasteiger partial charge is 0.256 e. The zero-order valence-electron chi connectivity index (χ0n) is 12.0. The number of hydrogen-bond donors (Lipinski definition) is 2. The topological polar surface area (TPSA) is 79.8 Å². The van der Waals surface area contributed by atoms with Gasteiger partial charge in [0.1, 0.15) is 5.56 Å². The largest absolute Gasteiger partial charge is 0.360 e. The zero-order chi connectivity index (χ0) is 15.4. The number of H-pyrrole nitrogens is 1. The number of amides is 1. The van der Waals surface area contributed by atoms with E-state index in [2.05, 4.69) is 15.3 Å². The molecule has 3 aromatic rings. The number of para-hydroxylation sites is 1. The van der Waals surface area contributed by atoms with Gasteiger partial charge in [-0.2, -0.15) is 0 Å². The minimum Gasteiger partial charge on any atom is -0.360 e. The van der Waals surface area contributed by atoms with E-state index >= 15 is 0 Å². The number of imidazole rings is 1. The van der Waals surface area contributed by atoms with Crippen LogP contribution in [0.25, 0.3) is 10.9 Å². The summed E-state index contributed by atoms with van der Waals surface area (Å²) >= 11 is 0. The van der Waals surface area contributed by atoms with Crippen LogP contribution in [0.3, 0.4) is 0 Å². The third-order valence-electron chi connectivity index (χ3n) is 3.47. The predicted octanol–water partition coefficient (Wildman–Crippen LogP) is 1.54. The quantitative estimate of drug-likeness (QED) is 0.701. The van der Waals surface area contributed by atoms with E-state index in [1.807, 2.05) is 22.9 Å². The van der Waals surface area contributed by atoms with Crippen LogP contribution in [-0.2, 0) is 6.54 Å². The summed E-state index contributed by atoms with van der Waals surface area (Å²) in [7, 11) is 0. The van der Waals surface area contributed by atoms with Crippen molar-refractivity contribution in [2.45, 2.75) is 13.0 Å². The Balaban J connectivity index is 1.65. The van der Waals surface area contributed by atoms with Crippen molar-refractivity contribution in [2.75, 3.05) is 6.54 Å². The summed E-state index contributed by atoms with van der Waals surface area (Å²) in [6.07, 6.45) is 7.56. The number of carbonyl (C=O) groups is 1. The Morgan fingerprint density at radius 3 is 3.00 bits per heavy atom. The van der Waals surface area contributed by atoms with Gasteiger partial charge in [0.15, 0.2) is 0 Å². The molecular weight excluding hydrogens is 280 g/mol. The van der Waals surface area contributed by atoms with Crippen molar-refractivity contribution in [3.8, 4) is 0 Å². The summed E-state index contributed by atoms with van der Waals surface area (Å²) in [4.78, 5) is 31.4. The van der Waals surface area contributed by atoms with Crippen molar-refractivity contribution >= 4 is 16.8 Å². The van der Waals surface area contributed by atoms with Crippen molar-refractivity contribution in [1.82, 2.24) is 19.9 Å². The highest BCUT2D eigenvalue weighted by molar-refractivity contribution is 5.97. The second-order valence-corrected chi connectivity index (χ2v) is 4.99. The number of nitrogens with zero attached hydrogens (tertiary/aromatic N) is 2. The number of hydrogen-bond acceptors (Lipinski definition) is 3. The van der Waals surface area contributed by atoms with Crippen LogP contribution in [-0.4, -0.2) is 27.0 Å². The summed E-state index contributed by atoms with van der Waals surface area (Å²) < 4.78 is 1.94. The lowest BCUT2D eigenvalue weighted by Gasteiger charge is -2.06. The Labute approximate surface area is 126 Å². The number of pyridine rings is 1. The lowest BCUT2D eigenvalue weighted by atomic mass is 10.1. The Bertz CT molecular complexity index is 837. The van der Waals surface area contributed by atoms with Crippen LogP contribution in [0.15, 0.2) is 54.0 Å². The fraction of sp³-hybridized carbons (Fsp3) is 0.188. The molecule has 22 heavy (non-hydrogen) atoms. The highest BCUT2D eigenvalue weighted by atomic mass is 16.2. The molecule has 3 rings (SSSR count). The van der Waals surface area contributed by atoms with E-state index in [1.54, 1.807) is 24.7 Å². The van der Waals surface area contributed by atoms with Gasteiger partial charge in [0.05, 0.1) is 6.33 Å². The Morgan fingerprint density at radius 1 is 1.32 bits per heavy atom. The molecule has 0 aliphatic carbocycles. The highest BCUT2D eigenvalue weighted by Gasteiger charge is 2.11. The van der Waals surface area contributed by atoms with E-state index < -0.39 is 0 Å². The average molecular weight is 296 g/mol. The lowest BCUT2D eigenvalue weighted by molar-refractivity contribution is 0.0951. The van der Waals surface area contributed by atoms with E-state index in [0.717, 1.165) is 18.5 Å². The molecule has 0 saturated carbocycles. The number of aryl methyl sites for hydroxylation is 1. The number of benzene rings is 1. The maximum absolute atomic E-state index is 12.3. The Hall–Kier alpha value is -2.89. The van der Waals surface area contributed by atoms with E-state index in [0.29, 0.717) is 11.9 Å². The monoisotopic (exact) mass is 296 g/mol. The Kier molecular flexibility index (Phi) is 4.00. The first kappa shape index (κ1) is 14.1. The van der Waals surface area contributed by atoms with Gasteiger partial charge in [-0.1, -0.05) is 12.1 Å². The molecule has 0 spiro atoms. The first-order chi connectivity index (χ1) is 10.8. The van der Waals surface area contributed by atoms with Gasteiger partial charge in [-0.25, -0.2) is 4.98 Å². The molecule has 0 bridgehead atoms. The number of nitrogens with one attached hydrogen (secondary N) is 2. The standard InChI is InChI=1S/C16H16N4O2/c21-15-12-4-1-2-5-14(12)19-10-13(15)16(22)18-6-3-8-20-9-7-17-11-20/h1-2,4-5,7,9-11H,3,6,8H2,(H,18,22)(H,19,21). The summed E-state index contributed by atoms with van der Waals surface area (Å²) in [5, 5.41) is 3.30. The SMILES string of the molecule is O=C(NCCCn1ccnc1)c1c[nH]c2ccccc2c1=O. The normalized spacial score (nSPS) is 10.7.